The van der Waals surface area contributed by atoms with Gasteiger partial charge in [0.25, 0.3) is 0 Å². The van der Waals surface area contributed by atoms with Gasteiger partial charge in [0.15, 0.2) is 0 Å². The molecule has 0 spiro atoms. The van der Waals surface area contributed by atoms with Crippen molar-refractivity contribution in [3.63, 3.8) is 0 Å². The number of carbonyl (C=O) groups excluding carboxylic acids is 3. The Labute approximate surface area is 118 Å². The lowest BCUT2D eigenvalue weighted by Gasteiger charge is -2.20. The summed E-state index contributed by atoms with van der Waals surface area (Å²) in [5, 5.41) is 2.57. The topological polar surface area (TPSA) is 87.3 Å². The molecule has 6 heteroatoms. The zero-order valence-corrected chi connectivity index (χ0v) is 11.5. The highest BCUT2D eigenvalue weighted by Crippen LogP contribution is 2.49. The Morgan fingerprint density at radius 1 is 0.900 bits per heavy atom. The van der Waals surface area contributed by atoms with Gasteiger partial charge in [0, 0.05) is 12.5 Å². The van der Waals surface area contributed by atoms with Gasteiger partial charge in [0.1, 0.15) is 0 Å². The summed E-state index contributed by atoms with van der Waals surface area (Å²) in [6, 6.07) is 0.137. The fourth-order valence-corrected chi connectivity index (χ4v) is 3.58. The lowest BCUT2D eigenvalue weighted by Crippen LogP contribution is -2.49. The van der Waals surface area contributed by atoms with Crippen molar-refractivity contribution in [2.75, 3.05) is 0 Å². The fraction of sp³-hybridized carbons (Fsp3) is 0.786. The van der Waals surface area contributed by atoms with Gasteiger partial charge in [0.2, 0.25) is 5.91 Å². The first kappa shape index (κ1) is 13.4. The molecule has 0 aliphatic heterocycles. The van der Waals surface area contributed by atoms with Crippen LogP contribution in [0.4, 0.5) is 0 Å². The van der Waals surface area contributed by atoms with Crippen molar-refractivity contribution >= 4 is 17.7 Å². The molecule has 3 atom stereocenters. The van der Waals surface area contributed by atoms with E-state index in [0.717, 1.165) is 25.2 Å². The van der Waals surface area contributed by atoms with Crippen LogP contribution in [-0.2, 0) is 14.4 Å². The van der Waals surface area contributed by atoms with E-state index < -0.39 is 11.8 Å². The highest BCUT2D eigenvalue weighted by molar-refractivity contribution is 6.35. The maximum Gasteiger partial charge on any atom is 0.327 e. The molecule has 0 aromatic carbocycles. The first-order chi connectivity index (χ1) is 9.61. The molecule has 0 heterocycles. The third-order valence-electron chi connectivity index (χ3n) is 4.77. The summed E-state index contributed by atoms with van der Waals surface area (Å²) in [4.78, 5) is 34.6. The molecule has 2 bridgehead atoms. The molecule has 3 saturated carbocycles. The summed E-state index contributed by atoms with van der Waals surface area (Å²) < 4.78 is 0. The number of hydrogen-bond acceptors (Lipinski definition) is 3. The molecule has 3 aliphatic carbocycles. The predicted octanol–water partition coefficient (Wildman–Crippen LogP) is 0.239. The Kier molecular flexibility index (Phi) is 3.63. The minimum Gasteiger partial charge on any atom is -0.345 e. The van der Waals surface area contributed by atoms with E-state index in [4.69, 9.17) is 0 Å². The monoisotopic (exact) mass is 279 g/mol. The van der Waals surface area contributed by atoms with Crippen LogP contribution in [0, 0.1) is 17.8 Å². The molecule has 20 heavy (non-hydrogen) atoms. The molecule has 3 N–H and O–H groups in total. The van der Waals surface area contributed by atoms with Gasteiger partial charge in [-0.05, 0) is 49.9 Å². The molecule has 3 amide bonds. The zero-order valence-electron chi connectivity index (χ0n) is 11.5. The molecule has 110 valence electrons. The Bertz CT molecular complexity index is 433. The summed E-state index contributed by atoms with van der Waals surface area (Å²) in [7, 11) is 0. The lowest BCUT2D eigenvalue weighted by molar-refractivity contribution is -0.141. The van der Waals surface area contributed by atoms with Crippen molar-refractivity contribution in [2.45, 2.75) is 51.0 Å². The van der Waals surface area contributed by atoms with Crippen LogP contribution in [0.1, 0.15) is 44.9 Å². The first-order valence-electron chi connectivity index (χ1n) is 7.51. The van der Waals surface area contributed by atoms with Crippen LogP contribution in [0.25, 0.3) is 0 Å². The second kappa shape index (κ2) is 5.42. The average Bonchev–Trinajstić information content (AvgIpc) is 2.99. The SMILES string of the molecule is O=C(C[C@H]1C[C@H]2CC[C@@H]1C2)NNC(=O)C(=O)NC1CC1. The number of carbonyl (C=O) groups is 3. The Hall–Kier alpha value is -1.59. The average molecular weight is 279 g/mol. The second-order valence-corrected chi connectivity index (χ2v) is 6.39. The number of hydrogen-bond donors (Lipinski definition) is 3. The molecular weight excluding hydrogens is 258 g/mol. The van der Waals surface area contributed by atoms with E-state index in [1.165, 1.54) is 19.3 Å². The smallest absolute Gasteiger partial charge is 0.327 e. The van der Waals surface area contributed by atoms with Crippen LogP contribution in [0.3, 0.4) is 0 Å². The molecule has 0 radical (unpaired) electrons. The standard InChI is InChI=1S/C14H21N3O3/c18-12(7-10-6-8-1-2-9(10)5-8)16-17-14(20)13(19)15-11-3-4-11/h8-11H,1-7H2,(H,15,19)(H,16,18)(H,17,20)/t8-,9+,10+/m0/s1. The molecule has 0 aromatic heterocycles. The summed E-state index contributed by atoms with van der Waals surface area (Å²) in [6.45, 7) is 0. The van der Waals surface area contributed by atoms with E-state index in [1.807, 2.05) is 0 Å². The van der Waals surface area contributed by atoms with Crippen molar-refractivity contribution in [3.05, 3.63) is 0 Å². The summed E-state index contributed by atoms with van der Waals surface area (Å²) in [5.74, 6) is 0.267. The van der Waals surface area contributed by atoms with E-state index in [-0.39, 0.29) is 11.9 Å². The van der Waals surface area contributed by atoms with Gasteiger partial charge in [-0.3, -0.25) is 25.2 Å². The molecule has 3 fully saturated rings. The van der Waals surface area contributed by atoms with E-state index in [1.54, 1.807) is 0 Å². The van der Waals surface area contributed by atoms with Crippen LogP contribution < -0.4 is 16.2 Å². The van der Waals surface area contributed by atoms with Gasteiger partial charge < -0.3 is 5.32 Å². The highest BCUT2D eigenvalue weighted by atomic mass is 16.2. The van der Waals surface area contributed by atoms with Gasteiger partial charge in [-0.1, -0.05) is 6.42 Å². The highest BCUT2D eigenvalue weighted by Gasteiger charge is 2.40. The van der Waals surface area contributed by atoms with Crippen LogP contribution >= 0.6 is 0 Å². The normalized spacial score (nSPS) is 30.9. The van der Waals surface area contributed by atoms with Gasteiger partial charge in [0.05, 0.1) is 0 Å². The maximum absolute atomic E-state index is 11.8. The zero-order chi connectivity index (χ0) is 14.1. The summed E-state index contributed by atoms with van der Waals surface area (Å²) in [6.07, 6.45) is 7.23. The summed E-state index contributed by atoms with van der Waals surface area (Å²) >= 11 is 0. The molecule has 3 aliphatic rings. The van der Waals surface area contributed by atoms with Gasteiger partial charge in [-0.2, -0.15) is 0 Å². The molecular formula is C14H21N3O3. The molecule has 3 rings (SSSR count). The third kappa shape index (κ3) is 3.11. The van der Waals surface area contributed by atoms with Crippen LogP contribution in [0.5, 0.6) is 0 Å². The Balaban J connectivity index is 1.36. The van der Waals surface area contributed by atoms with Crippen LogP contribution in [0.15, 0.2) is 0 Å². The van der Waals surface area contributed by atoms with E-state index in [2.05, 4.69) is 16.2 Å². The van der Waals surface area contributed by atoms with Crippen LogP contribution in [0.2, 0.25) is 0 Å². The second-order valence-electron chi connectivity index (χ2n) is 6.39. The predicted molar refractivity (Wildman–Crippen MR) is 71.0 cm³/mol. The molecule has 0 aromatic rings. The Morgan fingerprint density at radius 2 is 1.70 bits per heavy atom. The largest absolute Gasteiger partial charge is 0.345 e. The Morgan fingerprint density at radius 3 is 2.30 bits per heavy atom. The van der Waals surface area contributed by atoms with Gasteiger partial charge in [-0.25, -0.2) is 0 Å². The van der Waals surface area contributed by atoms with Gasteiger partial charge >= 0.3 is 11.8 Å². The molecule has 0 unspecified atom stereocenters. The van der Waals surface area contributed by atoms with Gasteiger partial charge in [-0.15, -0.1) is 0 Å². The van der Waals surface area contributed by atoms with Crippen molar-refractivity contribution in [2.24, 2.45) is 17.8 Å². The number of rotatable bonds is 3. The maximum atomic E-state index is 11.8. The van der Waals surface area contributed by atoms with Crippen LogP contribution in [-0.4, -0.2) is 23.8 Å². The fourth-order valence-electron chi connectivity index (χ4n) is 3.58. The number of hydrazine groups is 1. The number of nitrogens with one attached hydrogen (secondary N) is 3. The first-order valence-corrected chi connectivity index (χ1v) is 7.51. The minimum absolute atomic E-state index is 0.137. The molecule has 0 saturated heterocycles. The van der Waals surface area contributed by atoms with Crippen molar-refractivity contribution in [1.29, 1.82) is 0 Å². The quantitative estimate of drug-likeness (QED) is 0.511. The summed E-state index contributed by atoms with van der Waals surface area (Å²) in [5.41, 5.74) is 4.53. The van der Waals surface area contributed by atoms with Crippen molar-refractivity contribution in [1.82, 2.24) is 16.2 Å². The third-order valence-corrected chi connectivity index (χ3v) is 4.77. The van der Waals surface area contributed by atoms with E-state index in [0.29, 0.717) is 18.3 Å². The van der Waals surface area contributed by atoms with E-state index in [9.17, 15) is 14.4 Å². The minimum atomic E-state index is -0.793. The van der Waals surface area contributed by atoms with Crippen molar-refractivity contribution < 1.29 is 14.4 Å². The lowest BCUT2D eigenvalue weighted by atomic mass is 9.86. The molecule has 6 nitrogen and oxygen atoms in total. The van der Waals surface area contributed by atoms with Crippen molar-refractivity contribution in [3.8, 4) is 0 Å². The number of fused-ring (bicyclic) bond motifs is 2. The number of amides is 3. The van der Waals surface area contributed by atoms with E-state index >= 15 is 0 Å².